The zero-order chi connectivity index (χ0) is 22.1. The van der Waals surface area contributed by atoms with Gasteiger partial charge in [0.2, 0.25) is 0 Å². The van der Waals surface area contributed by atoms with Crippen molar-refractivity contribution in [2.45, 2.75) is 12.6 Å². The van der Waals surface area contributed by atoms with Crippen LogP contribution in [0.15, 0.2) is 91.1 Å². The number of nitrogens with one attached hydrogen (secondary N) is 1. The van der Waals surface area contributed by atoms with Gasteiger partial charge in [-0.25, -0.2) is 4.79 Å². The Bertz CT molecular complexity index is 1270. The number of carbonyl (C=O) groups is 1. The highest BCUT2D eigenvalue weighted by Crippen LogP contribution is 2.37. The Hall–Kier alpha value is -3.70. The molecule has 2 heterocycles. The zero-order valence-corrected chi connectivity index (χ0v) is 18.3. The standard InChI is InChI=1S/C26H22ClN3O2/c1-32-20-14-12-18(13-15-20)25-24-11-6-16-29(24)23-10-5-2-7-19(23)17-30(25)26(31)28-22-9-4-3-8-21(22)27/h2-16,25H,17H2,1H3,(H,28,31)/t25-/m1/s1. The third-order valence-electron chi connectivity index (χ3n) is 5.77. The van der Waals surface area contributed by atoms with Gasteiger partial charge in [-0.2, -0.15) is 0 Å². The fraction of sp³-hybridized carbons (Fsp3) is 0.115. The van der Waals surface area contributed by atoms with Gasteiger partial charge >= 0.3 is 6.03 Å². The topological polar surface area (TPSA) is 46.5 Å². The fourth-order valence-corrected chi connectivity index (χ4v) is 4.41. The average molecular weight is 444 g/mol. The van der Waals surface area contributed by atoms with Crippen molar-refractivity contribution in [1.29, 1.82) is 0 Å². The van der Waals surface area contributed by atoms with Gasteiger partial charge in [0.1, 0.15) is 5.75 Å². The van der Waals surface area contributed by atoms with E-state index in [4.69, 9.17) is 16.3 Å². The lowest BCUT2D eigenvalue weighted by Crippen LogP contribution is -2.38. The summed E-state index contributed by atoms with van der Waals surface area (Å²) >= 11 is 6.32. The minimum atomic E-state index is -0.300. The number of benzene rings is 3. The molecule has 32 heavy (non-hydrogen) atoms. The molecule has 160 valence electrons. The number of ether oxygens (including phenoxy) is 1. The quantitative estimate of drug-likeness (QED) is 0.405. The first-order chi connectivity index (χ1) is 15.7. The average Bonchev–Trinajstić information content (AvgIpc) is 3.25. The summed E-state index contributed by atoms with van der Waals surface area (Å²) in [6.45, 7) is 0.449. The number of nitrogens with zero attached hydrogens (tertiary/aromatic N) is 2. The molecule has 0 fully saturated rings. The van der Waals surface area contributed by atoms with E-state index in [0.29, 0.717) is 17.3 Å². The molecule has 3 aromatic carbocycles. The Morgan fingerprint density at radius 3 is 2.50 bits per heavy atom. The molecule has 0 radical (unpaired) electrons. The third-order valence-corrected chi connectivity index (χ3v) is 6.10. The fourth-order valence-electron chi connectivity index (χ4n) is 4.23. The van der Waals surface area contributed by atoms with Crippen LogP contribution in [-0.4, -0.2) is 22.6 Å². The van der Waals surface area contributed by atoms with E-state index in [-0.39, 0.29) is 12.1 Å². The molecule has 0 aliphatic carbocycles. The number of carbonyl (C=O) groups excluding carboxylic acids is 1. The molecule has 4 aromatic rings. The Labute approximate surface area is 191 Å². The molecule has 0 saturated heterocycles. The van der Waals surface area contributed by atoms with E-state index in [1.54, 1.807) is 19.2 Å². The molecule has 0 bridgehead atoms. The normalized spacial score (nSPS) is 14.8. The number of aromatic nitrogens is 1. The summed E-state index contributed by atoms with van der Waals surface area (Å²) in [5, 5.41) is 3.51. The number of para-hydroxylation sites is 2. The van der Waals surface area contributed by atoms with Crippen LogP contribution in [-0.2, 0) is 6.54 Å². The van der Waals surface area contributed by atoms with Gasteiger partial charge in [0, 0.05) is 11.9 Å². The summed E-state index contributed by atoms with van der Waals surface area (Å²) < 4.78 is 7.50. The Morgan fingerprint density at radius 2 is 1.72 bits per heavy atom. The lowest BCUT2D eigenvalue weighted by atomic mass is 10.0. The van der Waals surface area contributed by atoms with E-state index in [1.807, 2.05) is 65.7 Å². The minimum Gasteiger partial charge on any atom is -0.497 e. The molecule has 0 spiro atoms. The molecule has 0 saturated carbocycles. The number of urea groups is 1. The van der Waals surface area contributed by atoms with Crippen LogP contribution in [0.1, 0.15) is 22.9 Å². The van der Waals surface area contributed by atoms with Gasteiger partial charge in [-0.15, -0.1) is 0 Å². The Balaban J connectivity index is 1.63. The van der Waals surface area contributed by atoms with Crippen molar-refractivity contribution in [3.63, 3.8) is 0 Å². The number of methoxy groups -OCH3 is 1. The van der Waals surface area contributed by atoms with E-state index in [0.717, 1.165) is 28.3 Å². The number of anilines is 1. The lowest BCUT2D eigenvalue weighted by molar-refractivity contribution is 0.194. The highest BCUT2D eigenvalue weighted by molar-refractivity contribution is 6.33. The largest absolute Gasteiger partial charge is 0.497 e. The van der Waals surface area contributed by atoms with Crippen LogP contribution in [0.4, 0.5) is 10.5 Å². The number of fused-ring (bicyclic) bond motifs is 3. The molecular weight excluding hydrogens is 422 g/mol. The van der Waals surface area contributed by atoms with Gasteiger partial charge < -0.3 is 19.5 Å². The maximum Gasteiger partial charge on any atom is 0.323 e. The van der Waals surface area contributed by atoms with Crippen LogP contribution in [0.2, 0.25) is 5.02 Å². The second-order valence-corrected chi connectivity index (χ2v) is 8.05. The summed E-state index contributed by atoms with van der Waals surface area (Å²) in [6.07, 6.45) is 2.04. The van der Waals surface area contributed by atoms with Crippen molar-refractivity contribution >= 4 is 23.3 Å². The molecule has 0 unspecified atom stereocenters. The molecule has 2 amide bonds. The van der Waals surface area contributed by atoms with Crippen LogP contribution in [0.3, 0.4) is 0 Å². The van der Waals surface area contributed by atoms with Crippen molar-refractivity contribution in [2.24, 2.45) is 0 Å². The van der Waals surface area contributed by atoms with E-state index < -0.39 is 0 Å². The predicted molar refractivity (Wildman–Crippen MR) is 127 cm³/mol. The highest BCUT2D eigenvalue weighted by atomic mass is 35.5. The Kier molecular flexibility index (Phi) is 5.33. The van der Waals surface area contributed by atoms with Crippen LogP contribution in [0.5, 0.6) is 5.75 Å². The zero-order valence-electron chi connectivity index (χ0n) is 17.5. The SMILES string of the molecule is COc1ccc([C@@H]2c3cccn3-c3ccccc3CN2C(=O)Nc2ccccc2Cl)cc1. The molecule has 5 rings (SSSR count). The highest BCUT2D eigenvalue weighted by Gasteiger charge is 2.33. The lowest BCUT2D eigenvalue weighted by Gasteiger charge is -2.31. The number of halogens is 1. The number of rotatable bonds is 3. The van der Waals surface area contributed by atoms with E-state index in [9.17, 15) is 4.79 Å². The number of hydrogen-bond acceptors (Lipinski definition) is 2. The van der Waals surface area contributed by atoms with Crippen LogP contribution >= 0.6 is 11.6 Å². The third kappa shape index (κ3) is 3.61. The van der Waals surface area contributed by atoms with Gasteiger partial charge in [-0.05, 0) is 53.6 Å². The predicted octanol–water partition coefficient (Wildman–Crippen LogP) is 6.28. The molecule has 1 aliphatic rings. The van der Waals surface area contributed by atoms with Crippen LogP contribution in [0.25, 0.3) is 5.69 Å². The summed E-state index contributed by atoms with van der Waals surface area (Å²) in [4.78, 5) is 15.5. The van der Waals surface area contributed by atoms with Gasteiger partial charge in [-0.1, -0.05) is 54.1 Å². The second kappa shape index (κ2) is 8.44. The summed E-state index contributed by atoms with van der Waals surface area (Å²) in [7, 11) is 1.64. The molecule has 5 nitrogen and oxygen atoms in total. The minimum absolute atomic E-state index is 0.219. The number of amides is 2. The van der Waals surface area contributed by atoms with Gasteiger partial charge in [0.05, 0.1) is 36.1 Å². The molecule has 1 aromatic heterocycles. The van der Waals surface area contributed by atoms with Crippen molar-refractivity contribution in [3.8, 4) is 11.4 Å². The second-order valence-electron chi connectivity index (χ2n) is 7.65. The van der Waals surface area contributed by atoms with Crippen molar-refractivity contribution in [1.82, 2.24) is 9.47 Å². The van der Waals surface area contributed by atoms with Gasteiger partial charge in [-0.3, -0.25) is 0 Å². The summed E-state index contributed by atoms with van der Waals surface area (Å²) in [6, 6.07) is 26.8. The first-order valence-electron chi connectivity index (χ1n) is 10.4. The van der Waals surface area contributed by atoms with Crippen LogP contribution in [0, 0.1) is 0 Å². The molecule has 1 atom stereocenters. The molecular formula is C26H22ClN3O2. The van der Waals surface area contributed by atoms with Crippen LogP contribution < -0.4 is 10.1 Å². The van der Waals surface area contributed by atoms with Crippen molar-refractivity contribution in [2.75, 3.05) is 12.4 Å². The van der Waals surface area contributed by atoms with Gasteiger partial charge in [0.15, 0.2) is 0 Å². The summed E-state index contributed by atoms with van der Waals surface area (Å²) in [5.41, 5.74) is 4.72. The van der Waals surface area contributed by atoms with E-state index in [2.05, 4.69) is 28.1 Å². The van der Waals surface area contributed by atoms with E-state index >= 15 is 0 Å². The molecule has 1 aliphatic heterocycles. The first kappa shape index (κ1) is 20.2. The van der Waals surface area contributed by atoms with Crippen molar-refractivity contribution in [3.05, 3.63) is 113 Å². The van der Waals surface area contributed by atoms with Crippen molar-refractivity contribution < 1.29 is 9.53 Å². The maximum atomic E-state index is 13.6. The number of hydrogen-bond donors (Lipinski definition) is 1. The maximum absolute atomic E-state index is 13.6. The molecule has 1 N–H and O–H groups in total. The monoisotopic (exact) mass is 443 g/mol. The first-order valence-corrected chi connectivity index (χ1v) is 10.7. The summed E-state index contributed by atoms with van der Waals surface area (Å²) in [5.74, 6) is 0.771. The molecule has 6 heteroatoms. The van der Waals surface area contributed by atoms with E-state index in [1.165, 1.54) is 0 Å². The van der Waals surface area contributed by atoms with Gasteiger partial charge in [0.25, 0.3) is 0 Å². The smallest absolute Gasteiger partial charge is 0.323 e. The Morgan fingerprint density at radius 1 is 0.969 bits per heavy atom.